The van der Waals surface area contributed by atoms with Crippen LogP contribution >= 0.6 is 11.8 Å². The lowest BCUT2D eigenvalue weighted by atomic mass is 9.86. The van der Waals surface area contributed by atoms with Gasteiger partial charge in [0.25, 0.3) is 0 Å². The van der Waals surface area contributed by atoms with Gasteiger partial charge in [-0.25, -0.2) is 0 Å². The Morgan fingerprint density at radius 1 is 1.47 bits per heavy atom. The Kier molecular flexibility index (Phi) is 4.86. The zero-order valence-corrected chi connectivity index (χ0v) is 11.5. The van der Waals surface area contributed by atoms with Crippen molar-refractivity contribution in [1.29, 1.82) is 0 Å². The first-order valence-electron chi connectivity index (χ1n) is 6.47. The van der Waals surface area contributed by atoms with Gasteiger partial charge in [0.2, 0.25) is 0 Å². The van der Waals surface area contributed by atoms with E-state index in [1.165, 1.54) is 25.7 Å². The molecule has 0 spiro atoms. The van der Waals surface area contributed by atoms with E-state index in [2.05, 4.69) is 22.4 Å². The third-order valence-electron chi connectivity index (χ3n) is 3.52. The maximum absolute atomic E-state index is 4.06. The molecule has 0 aliphatic heterocycles. The summed E-state index contributed by atoms with van der Waals surface area (Å²) in [6.45, 7) is 3.43. The van der Waals surface area contributed by atoms with Gasteiger partial charge >= 0.3 is 0 Å². The fourth-order valence-corrected chi connectivity index (χ4v) is 3.17. The zero-order valence-electron chi connectivity index (χ0n) is 10.7. The minimum atomic E-state index is 0.726. The summed E-state index contributed by atoms with van der Waals surface area (Å²) in [4.78, 5) is 0. The van der Waals surface area contributed by atoms with Gasteiger partial charge in [-0.1, -0.05) is 31.5 Å². The number of hydrogen-bond donors (Lipinski definition) is 1. The molecule has 1 aliphatic carbocycles. The molecule has 4 nitrogen and oxygen atoms in total. The second kappa shape index (κ2) is 6.40. The highest BCUT2D eigenvalue weighted by Crippen LogP contribution is 2.23. The summed E-state index contributed by atoms with van der Waals surface area (Å²) >= 11 is 1.77. The molecule has 1 heterocycles. The molecule has 1 fully saturated rings. The fourth-order valence-electron chi connectivity index (χ4n) is 2.41. The van der Waals surface area contributed by atoms with E-state index in [9.17, 15) is 0 Å². The van der Waals surface area contributed by atoms with Gasteiger partial charge in [-0.05, 0) is 18.8 Å². The molecule has 5 heteroatoms. The summed E-state index contributed by atoms with van der Waals surface area (Å²) in [7, 11) is 1.99. The van der Waals surface area contributed by atoms with Crippen LogP contribution in [-0.4, -0.2) is 33.1 Å². The van der Waals surface area contributed by atoms with Crippen LogP contribution in [-0.2, 0) is 7.05 Å². The van der Waals surface area contributed by atoms with Crippen LogP contribution in [0.3, 0.4) is 0 Å². The molecule has 0 aromatic carbocycles. The molecule has 0 bridgehead atoms. The zero-order chi connectivity index (χ0) is 12.1. The van der Waals surface area contributed by atoms with Crippen LogP contribution < -0.4 is 5.32 Å². The number of nitrogens with one attached hydrogen (secondary N) is 1. The van der Waals surface area contributed by atoms with Crippen molar-refractivity contribution in [3.63, 3.8) is 0 Å². The van der Waals surface area contributed by atoms with Crippen molar-refractivity contribution in [3.05, 3.63) is 6.33 Å². The lowest BCUT2D eigenvalue weighted by Gasteiger charge is -2.29. The van der Waals surface area contributed by atoms with E-state index in [0.717, 1.165) is 29.4 Å². The standard InChI is InChI=1S/C12H22N4S/c1-10-5-3-4-6-11(10)13-7-8-17-12-15-14-9-16(12)2/h9-11,13H,3-8H2,1-2H3. The summed E-state index contributed by atoms with van der Waals surface area (Å²) in [6, 6.07) is 0.726. The van der Waals surface area contributed by atoms with Crippen LogP contribution in [0, 0.1) is 5.92 Å². The molecule has 0 radical (unpaired) electrons. The first-order chi connectivity index (χ1) is 8.27. The van der Waals surface area contributed by atoms with Crippen LogP contribution in [0.2, 0.25) is 0 Å². The normalized spacial score (nSPS) is 25.1. The number of aryl methyl sites for hydroxylation is 1. The molecule has 1 aromatic rings. The Labute approximate surface area is 108 Å². The molecule has 1 N–H and O–H groups in total. The lowest BCUT2D eigenvalue weighted by molar-refractivity contribution is 0.285. The largest absolute Gasteiger partial charge is 0.313 e. The lowest BCUT2D eigenvalue weighted by Crippen LogP contribution is -2.38. The molecule has 1 saturated carbocycles. The quantitative estimate of drug-likeness (QED) is 0.645. The first-order valence-corrected chi connectivity index (χ1v) is 7.46. The number of thioether (sulfide) groups is 1. The molecule has 17 heavy (non-hydrogen) atoms. The molecule has 2 atom stereocenters. The van der Waals surface area contributed by atoms with Crippen LogP contribution in [0.5, 0.6) is 0 Å². The van der Waals surface area contributed by atoms with Gasteiger partial charge < -0.3 is 9.88 Å². The van der Waals surface area contributed by atoms with E-state index < -0.39 is 0 Å². The Morgan fingerprint density at radius 3 is 3.00 bits per heavy atom. The Morgan fingerprint density at radius 2 is 2.29 bits per heavy atom. The average Bonchev–Trinajstić information content (AvgIpc) is 2.73. The van der Waals surface area contributed by atoms with Crippen molar-refractivity contribution in [1.82, 2.24) is 20.1 Å². The van der Waals surface area contributed by atoms with Crippen molar-refractivity contribution in [3.8, 4) is 0 Å². The molecular weight excluding hydrogens is 232 g/mol. The second-order valence-electron chi connectivity index (χ2n) is 4.90. The molecule has 2 unspecified atom stereocenters. The van der Waals surface area contributed by atoms with Gasteiger partial charge in [0.15, 0.2) is 5.16 Å². The van der Waals surface area contributed by atoms with Crippen molar-refractivity contribution in [2.75, 3.05) is 12.3 Å². The van der Waals surface area contributed by atoms with Gasteiger partial charge in [0.1, 0.15) is 6.33 Å². The van der Waals surface area contributed by atoms with Gasteiger partial charge in [-0.15, -0.1) is 10.2 Å². The minimum absolute atomic E-state index is 0.726. The maximum atomic E-state index is 4.06. The van der Waals surface area contributed by atoms with Crippen LogP contribution in [0.25, 0.3) is 0 Å². The average molecular weight is 254 g/mol. The van der Waals surface area contributed by atoms with Crippen LogP contribution in [0.4, 0.5) is 0 Å². The second-order valence-corrected chi connectivity index (χ2v) is 5.96. The molecule has 2 rings (SSSR count). The van der Waals surface area contributed by atoms with E-state index in [0.29, 0.717) is 0 Å². The number of aromatic nitrogens is 3. The topological polar surface area (TPSA) is 42.7 Å². The third kappa shape index (κ3) is 3.71. The van der Waals surface area contributed by atoms with Crippen molar-refractivity contribution < 1.29 is 0 Å². The van der Waals surface area contributed by atoms with E-state index >= 15 is 0 Å². The monoisotopic (exact) mass is 254 g/mol. The van der Waals surface area contributed by atoms with Crippen molar-refractivity contribution in [2.24, 2.45) is 13.0 Å². The molecule has 96 valence electrons. The predicted molar refractivity (Wildman–Crippen MR) is 71.1 cm³/mol. The predicted octanol–water partition coefficient (Wildman–Crippen LogP) is 2.08. The Balaban J connectivity index is 1.64. The van der Waals surface area contributed by atoms with Gasteiger partial charge in [-0.2, -0.15) is 0 Å². The SMILES string of the molecule is CC1CCCCC1NCCSc1nncn1C. The van der Waals surface area contributed by atoms with Crippen molar-refractivity contribution >= 4 is 11.8 Å². The van der Waals surface area contributed by atoms with Gasteiger partial charge in [0, 0.05) is 25.4 Å². The number of rotatable bonds is 5. The summed E-state index contributed by atoms with van der Waals surface area (Å²) in [5.74, 6) is 1.90. The molecule has 1 aliphatic rings. The number of nitrogens with zero attached hydrogens (tertiary/aromatic N) is 3. The Bertz CT molecular complexity index is 339. The van der Waals surface area contributed by atoms with Crippen LogP contribution in [0.1, 0.15) is 32.6 Å². The van der Waals surface area contributed by atoms with Gasteiger partial charge in [-0.3, -0.25) is 0 Å². The molecule has 1 aromatic heterocycles. The van der Waals surface area contributed by atoms with E-state index in [4.69, 9.17) is 0 Å². The first kappa shape index (κ1) is 12.9. The van der Waals surface area contributed by atoms with E-state index in [1.807, 2.05) is 11.6 Å². The Hall–Kier alpha value is -0.550. The highest BCUT2D eigenvalue weighted by atomic mass is 32.2. The van der Waals surface area contributed by atoms with Crippen LogP contribution in [0.15, 0.2) is 11.5 Å². The fraction of sp³-hybridized carbons (Fsp3) is 0.833. The van der Waals surface area contributed by atoms with Gasteiger partial charge in [0.05, 0.1) is 0 Å². The smallest absolute Gasteiger partial charge is 0.190 e. The third-order valence-corrected chi connectivity index (χ3v) is 4.56. The van der Waals surface area contributed by atoms with E-state index in [1.54, 1.807) is 18.1 Å². The highest BCUT2D eigenvalue weighted by molar-refractivity contribution is 7.99. The highest BCUT2D eigenvalue weighted by Gasteiger charge is 2.20. The number of hydrogen-bond acceptors (Lipinski definition) is 4. The van der Waals surface area contributed by atoms with E-state index in [-0.39, 0.29) is 0 Å². The molecular formula is C12H22N4S. The summed E-state index contributed by atoms with van der Waals surface area (Å²) in [5, 5.41) is 12.6. The maximum Gasteiger partial charge on any atom is 0.190 e. The minimum Gasteiger partial charge on any atom is -0.313 e. The summed E-state index contributed by atoms with van der Waals surface area (Å²) < 4.78 is 1.97. The summed E-state index contributed by atoms with van der Waals surface area (Å²) in [6.07, 6.45) is 7.27. The van der Waals surface area contributed by atoms with Crippen molar-refractivity contribution in [2.45, 2.75) is 43.8 Å². The molecule has 0 amide bonds. The molecule has 0 saturated heterocycles. The summed E-state index contributed by atoms with van der Waals surface area (Å²) in [5.41, 5.74) is 0.